The number of carboxylic acid groups (broad SMARTS) is 1. The van der Waals surface area contributed by atoms with E-state index in [1.807, 2.05) is 0 Å². The number of rotatable bonds is 10. The highest BCUT2D eigenvalue weighted by atomic mass is 32.1. The average Bonchev–Trinajstić information content (AvgIpc) is 3.30. The molecule has 2 aromatic carbocycles. The fraction of sp³-hybridized carbons (Fsp3) is 0.241. The summed E-state index contributed by atoms with van der Waals surface area (Å²) < 4.78 is 1.46. The molecular weight excluding hydrogens is 500 g/mol. The Morgan fingerprint density at radius 2 is 1.68 bits per heavy atom. The molecule has 0 unspecified atom stereocenters. The molecule has 4 aromatic rings. The molecular formula is C29H32N4O4S. The third kappa shape index (κ3) is 8.50. The predicted molar refractivity (Wildman–Crippen MR) is 151 cm³/mol. The molecule has 1 amide bonds. The van der Waals surface area contributed by atoms with Crippen molar-refractivity contribution in [3.63, 3.8) is 0 Å². The van der Waals surface area contributed by atoms with Crippen molar-refractivity contribution in [2.75, 3.05) is 11.9 Å². The molecule has 0 saturated heterocycles. The van der Waals surface area contributed by atoms with Gasteiger partial charge in [-0.2, -0.15) is 0 Å². The Balaban J connectivity index is 0.000000260. The minimum Gasteiger partial charge on any atom is -0.477 e. The van der Waals surface area contributed by atoms with Crippen molar-refractivity contribution >= 4 is 28.3 Å². The highest BCUT2D eigenvalue weighted by Gasteiger charge is 2.16. The number of nitrogens with zero attached hydrogens (tertiary/aromatic N) is 2. The molecule has 0 aliphatic rings. The Bertz CT molecular complexity index is 1380. The maximum atomic E-state index is 12.3. The first-order chi connectivity index (χ1) is 18.4. The predicted octanol–water partition coefficient (Wildman–Crippen LogP) is 5.52. The number of thiazole rings is 1. The van der Waals surface area contributed by atoms with Gasteiger partial charge in [-0.15, -0.1) is 0 Å². The first kappa shape index (κ1) is 28.5. The number of benzene rings is 2. The Hall–Kier alpha value is -4.08. The van der Waals surface area contributed by atoms with E-state index in [0.717, 1.165) is 24.4 Å². The van der Waals surface area contributed by atoms with Crippen LogP contribution < -0.4 is 16.2 Å². The van der Waals surface area contributed by atoms with Crippen LogP contribution in [0.25, 0.3) is 5.69 Å². The lowest BCUT2D eigenvalue weighted by atomic mass is 10.2. The number of hydrogen-bond donors (Lipinski definition) is 3. The second-order valence-corrected chi connectivity index (χ2v) is 9.52. The first-order valence-electron chi connectivity index (χ1n) is 12.4. The summed E-state index contributed by atoms with van der Waals surface area (Å²) in [7, 11) is 0. The summed E-state index contributed by atoms with van der Waals surface area (Å²) in [4.78, 5) is 39.2. The lowest BCUT2D eigenvalue weighted by Gasteiger charge is -2.06. The van der Waals surface area contributed by atoms with Crippen LogP contribution in [0.1, 0.15) is 57.5 Å². The maximum Gasteiger partial charge on any atom is 0.347 e. The molecule has 2 aromatic heterocycles. The van der Waals surface area contributed by atoms with Gasteiger partial charge >= 0.3 is 5.97 Å². The van der Waals surface area contributed by atoms with Crippen LogP contribution >= 0.6 is 11.3 Å². The lowest BCUT2D eigenvalue weighted by molar-refractivity contribution is 0.0701. The van der Waals surface area contributed by atoms with Crippen LogP contribution in [0.5, 0.6) is 0 Å². The zero-order valence-corrected chi connectivity index (χ0v) is 22.3. The van der Waals surface area contributed by atoms with Gasteiger partial charge in [0.1, 0.15) is 4.88 Å². The van der Waals surface area contributed by atoms with Crippen LogP contribution in [0, 0.1) is 6.92 Å². The number of carboxylic acids is 1. The van der Waals surface area contributed by atoms with Gasteiger partial charge in [0.25, 0.3) is 11.5 Å². The molecule has 0 aliphatic heterocycles. The molecule has 9 heteroatoms. The Labute approximate surface area is 226 Å². The molecule has 0 radical (unpaired) electrons. The van der Waals surface area contributed by atoms with E-state index in [0.29, 0.717) is 16.9 Å². The van der Waals surface area contributed by atoms with Crippen molar-refractivity contribution in [2.24, 2.45) is 0 Å². The van der Waals surface area contributed by atoms with Crippen LogP contribution in [0.2, 0.25) is 0 Å². The van der Waals surface area contributed by atoms with Crippen LogP contribution in [0.4, 0.5) is 5.13 Å². The first-order valence-corrected chi connectivity index (χ1v) is 13.3. The fourth-order valence-electron chi connectivity index (χ4n) is 3.56. The number of carbonyl (C=O) groups excluding carboxylic acids is 1. The molecule has 198 valence electrons. The van der Waals surface area contributed by atoms with E-state index in [2.05, 4.69) is 52.9 Å². The summed E-state index contributed by atoms with van der Waals surface area (Å²) in [6, 6.07) is 21.9. The third-order valence-corrected chi connectivity index (χ3v) is 6.63. The summed E-state index contributed by atoms with van der Waals surface area (Å²) in [6.45, 7) is 5.95. The number of aromatic carboxylic acids is 1. The summed E-state index contributed by atoms with van der Waals surface area (Å²) in [5.74, 6) is -1.48. The van der Waals surface area contributed by atoms with Crippen molar-refractivity contribution in [1.29, 1.82) is 0 Å². The number of aryl methyl sites for hydroxylation is 1. The average molecular weight is 533 g/mol. The number of pyridine rings is 1. The number of hydrogen-bond acceptors (Lipinski definition) is 6. The van der Waals surface area contributed by atoms with E-state index in [-0.39, 0.29) is 15.6 Å². The zero-order chi connectivity index (χ0) is 27.3. The molecule has 2 heterocycles. The molecule has 0 aliphatic carbocycles. The topological polar surface area (TPSA) is 113 Å². The van der Waals surface area contributed by atoms with Crippen LogP contribution in [0.15, 0.2) is 83.8 Å². The Kier molecular flexibility index (Phi) is 11.0. The van der Waals surface area contributed by atoms with Crippen molar-refractivity contribution in [2.45, 2.75) is 39.7 Å². The Morgan fingerprint density at radius 3 is 2.32 bits per heavy atom. The van der Waals surface area contributed by atoms with Gasteiger partial charge in [-0.3, -0.25) is 19.5 Å². The van der Waals surface area contributed by atoms with Crippen molar-refractivity contribution in [1.82, 2.24) is 14.9 Å². The van der Waals surface area contributed by atoms with Gasteiger partial charge < -0.3 is 10.4 Å². The van der Waals surface area contributed by atoms with Crippen LogP contribution in [0.3, 0.4) is 0 Å². The lowest BCUT2D eigenvalue weighted by Crippen LogP contribution is -2.16. The minimum atomic E-state index is -1.08. The van der Waals surface area contributed by atoms with Crippen molar-refractivity contribution in [3.8, 4) is 5.69 Å². The summed E-state index contributed by atoms with van der Waals surface area (Å²) >= 11 is 0.905. The van der Waals surface area contributed by atoms with Gasteiger partial charge in [-0.05, 0) is 55.8 Å². The second-order valence-electron chi connectivity index (χ2n) is 8.52. The molecule has 0 bridgehead atoms. The largest absolute Gasteiger partial charge is 0.477 e. The molecule has 8 nitrogen and oxygen atoms in total. The monoisotopic (exact) mass is 532 g/mol. The molecule has 0 spiro atoms. The summed E-state index contributed by atoms with van der Waals surface area (Å²) in [5.41, 5.74) is 2.57. The number of carbonyl (C=O) groups is 2. The summed E-state index contributed by atoms with van der Waals surface area (Å²) in [5, 5.41) is 15.3. The van der Waals surface area contributed by atoms with E-state index < -0.39 is 11.9 Å². The van der Waals surface area contributed by atoms with Gasteiger partial charge in [0.15, 0.2) is 5.13 Å². The second kappa shape index (κ2) is 14.6. The van der Waals surface area contributed by atoms with Crippen molar-refractivity contribution < 1.29 is 14.7 Å². The highest BCUT2D eigenvalue weighted by molar-refractivity contribution is 7.17. The molecule has 0 saturated carbocycles. The van der Waals surface area contributed by atoms with Crippen LogP contribution in [-0.2, 0) is 6.54 Å². The molecule has 4 rings (SSSR count). The number of aromatic nitrogens is 2. The number of nitrogens with one attached hydrogen (secondary N) is 2. The summed E-state index contributed by atoms with van der Waals surface area (Å²) in [6.07, 6.45) is 5.57. The number of amides is 1. The molecule has 0 fully saturated rings. The molecule has 0 atom stereocenters. The SMILES string of the molecule is CCCCCNCc1ccccc1.Cc1nc(NC(=O)c2ccc(-n3ccccc3=O)cc2)sc1C(=O)O. The number of unbranched alkanes of at least 4 members (excludes halogenated alkanes) is 2. The smallest absolute Gasteiger partial charge is 0.347 e. The Morgan fingerprint density at radius 1 is 0.974 bits per heavy atom. The van der Waals surface area contributed by atoms with E-state index in [9.17, 15) is 14.4 Å². The van der Waals surface area contributed by atoms with Crippen molar-refractivity contribution in [3.05, 3.63) is 111 Å². The normalized spacial score (nSPS) is 10.4. The third-order valence-electron chi connectivity index (χ3n) is 5.57. The van der Waals surface area contributed by atoms with E-state index in [4.69, 9.17) is 5.11 Å². The maximum absolute atomic E-state index is 12.3. The molecule has 3 N–H and O–H groups in total. The van der Waals surface area contributed by atoms with E-state index >= 15 is 0 Å². The quantitative estimate of drug-likeness (QED) is 0.232. The fourth-order valence-corrected chi connectivity index (χ4v) is 4.36. The zero-order valence-electron chi connectivity index (χ0n) is 21.5. The van der Waals surface area contributed by atoms with E-state index in [1.54, 1.807) is 49.5 Å². The standard InChI is InChI=1S/C17H13N3O4S.C12H19N/c1-10-14(16(23)24)25-17(18-10)19-15(22)11-5-7-12(8-6-11)20-9-3-2-4-13(20)21;1-2-3-7-10-13-11-12-8-5-4-6-9-12/h2-9H,1H3,(H,23,24)(H,18,19,22);4-6,8-9,13H,2-3,7,10-11H2,1H3. The van der Waals surface area contributed by atoms with Gasteiger partial charge in [0, 0.05) is 30.1 Å². The van der Waals surface area contributed by atoms with E-state index in [1.165, 1.54) is 35.5 Å². The van der Waals surface area contributed by atoms with Gasteiger partial charge in [0.05, 0.1) is 5.69 Å². The highest BCUT2D eigenvalue weighted by Crippen LogP contribution is 2.23. The minimum absolute atomic E-state index is 0.0918. The van der Waals surface area contributed by atoms with Gasteiger partial charge in [0.2, 0.25) is 0 Å². The van der Waals surface area contributed by atoms with Gasteiger partial charge in [-0.25, -0.2) is 9.78 Å². The molecule has 38 heavy (non-hydrogen) atoms. The van der Waals surface area contributed by atoms with Gasteiger partial charge in [-0.1, -0.05) is 67.5 Å². The van der Waals surface area contributed by atoms with Crippen LogP contribution in [-0.4, -0.2) is 33.1 Å². The number of anilines is 1.